The molecule has 0 atom stereocenters. The van der Waals surface area contributed by atoms with Gasteiger partial charge in [0.2, 0.25) is 0 Å². The minimum atomic E-state index is -1.17. The summed E-state index contributed by atoms with van der Waals surface area (Å²) in [5.74, 6) is -1.48. The van der Waals surface area contributed by atoms with Crippen molar-refractivity contribution in [1.29, 1.82) is 0 Å². The van der Waals surface area contributed by atoms with Crippen molar-refractivity contribution in [2.24, 2.45) is 5.92 Å². The smallest absolute Gasteiger partial charge is 0.336 e. The van der Waals surface area contributed by atoms with E-state index in [2.05, 4.69) is 20.8 Å². The summed E-state index contributed by atoms with van der Waals surface area (Å²) in [5.41, 5.74) is 1.61. The van der Waals surface area contributed by atoms with E-state index in [9.17, 15) is 19.8 Å². The van der Waals surface area contributed by atoms with E-state index in [-0.39, 0.29) is 11.1 Å². The van der Waals surface area contributed by atoms with Crippen LogP contribution in [0.5, 0.6) is 0 Å². The van der Waals surface area contributed by atoms with Crippen molar-refractivity contribution in [3.8, 4) is 0 Å². The van der Waals surface area contributed by atoms with E-state index in [0.29, 0.717) is 6.42 Å². The third-order valence-electron chi connectivity index (χ3n) is 5.83. The average Bonchev–Trinajstić information content (AvgIpc) is 2.68. The van der Waals surface area contributed by atoms with Crippen molar-refractivity contribution in [3.63, 3.8) is 0 Å². The van der Waals surface area contributed by atoms with Gasteiger partial charge in [-0.2, -0.15) is 0 Å². The highest BCUT2D eigenvalue weighted by Gasteiger charge is 2.22. The molecule has 0 fully saturated rings. The predicted octanol–water partition coefficient (Wildman–Crippen LogP) is 7.53. The lowest BCUT2D eigenvalue weighted by Gasteiger charge is -2.15. The molecule has 1 aromatic carbocycles. The molecular formula is C26H42O4. The monoisotopic (exact) mass is 418 g/mol. The molecule has 4 heteroatoms. The van der Waals surface area contributed by atoms with Crippen molar-refractivity contribution in [2.75, 3.05) is 0 Å². The molecule has 4 nitrogen and oxygen atoms in total. The second-order valence-electron chi connectivity index (χ2n) is 8.95. The zero-order valence-corrected chi connectivity index (χ0v) is 19.3. The van der Waals surface area contributed by atoms with Gasteiger partial charge in [0.15, 0.2) is 0 Å². The fourth-order valence-corrected chi connectivity index (χ4v) is 4.17. The summed E-state index contributed by atoms with van der Waals surface area (Å²) < 4.78 is 0. The van der Waals surface area contributed by atoms with Crippen LogP contribution in [0.4, 0.5) is 0 Å². The molecule has 0 aromatic heterocycles. The highest BCUT2D eigenvalue weighted by atomic mass is 16.4. The Morgan fingerprint density at radius 3 is 1.77 bits per heavy atom. The van der Waals surface area contributed by atoms with E-state index in [4.69, 9.17) is 0 Å². The van der Waals surface area contributed by atoms with Crippen LogP contribution in [0.2, 0.25) is 0 Å². The third kappa shape index (κ3) is 9.77. The van der Waals surface area contributed by atoms with Crippen molar-refractivity contribution in [2.45, 2.75) is 111 Å². The Hall–Kier alpha value is -1.84. The van der Waals surface area contributed by atoms with Gasteiger partial charge in [-0.3, -0.25) is 0 Å². The molecule has 0 bridgehead atoms. The maximum absolute atomic E-state index is 11.8. The van der Waals surface area contributed by atoms with Gasteiger partial charge in [-0.1, -0.05) is 97.5 Å². The number of benzene rings is 1. The van der Waals surface area contributed by atoms with Gasteiger partial charge in [-0.25, -0.2) is 9.59 Å². The Morgan fingerprint density at radius 1 is 0.767 bits per heavy atom. The van der Waals surface area contributed by atoms with Gasteiger partial charge < -0.3 is 10.2 Å². The van der Waals surface area contributed by atoms with Crippen LogP contribution in [0.25, 0.3) is 0 Å². The molecule has 30 heavy (non-hydrogen) atoms. The summed E-state index contributed by atoms with van der Waals surface area (Å²) in [6.07, 6.45) is 16.1. The number of aryl methyl sites for hydroxylation is 1. The van der Waals surface area contributed by atoms with E-state index >= 15 is 0 Å². The van der Waals surface area contributed by atoms with E-state index in [1.54, 1.807) is 6.07 Å². The molecule has 0 saturated carbocycles. The van der Waals surface area contributed by atoms with Crippen molar-refractivity contribution in [3.05, 3.63) is 34.4 Å². The average molecular weight is 419 g/mol. The quantitative estimate of drug-likeness (QED) is 0.256. The van der Waals surface area contributed by atoms with Crippen LogP contribution in [0.3, 0.4) is 0 Å². The highest BCUT2D eigenvalue weighted by molar-refractivity contribution is 6.03. The molecule has 0 heterocycles. The van der Waals surface area contributed by atoms with E-state index in [1.165, 1.54) is 57.4 Å². The number of unbranched alkanes of at least 4 members (excludes halogenated alkanes) is 9. The first-order valence-corrected chi connectivity index (χ1v) is 12.0. The summed E-state index contributed by atoms with van der Waals surface area (Å²) in [6.45, 7) is 6.63. The Kier molecular flexibility index (Phi) is 13.1. The molecule has 0 saturated heterocycles. The maximum atomic E-state index is 11.8. The zero-order chi connectivity index (χ0) is 22.4. The fraction of sp³-hybridized carbons (Fsp3) is 0.692. The maximum Gasteiger partial charge on any atom is 0.336 e. The van der Waals surface area contributed by atoms with Crippen LogP contribution >= 0.6 is 0 Å². The number of hydrogen-bond donors (Lipinski definition) is 2. The van der Waals surface area contributed by atoms with E-state index in [1.807, 2.05) is 0 Å². The number of rotatable bonds is 17. The standard InChI is InChI=1S/C26H42O4/c1-4-15-21-18-19-23(25(27)28)24(26(29)30)22(21)17-14-12-10-8-6-5-7-9-11-13-16-20(2)3/h18-20H,4-17H2,1-3H3,(H,27,28)(H,29,30). The first-order chi connectivity index (χ1) is 14.4. The molecule has 0 aliphatic rings. The van der Waals surface area contributed by atoms with Crippen molar-refractivity contribution in [1.82, 2.24) is 0 Å². The molecule has 0 radical (unpaired) electrons. The lowest BCUT2D eigenvalue weighted by molar-refractivity contribution is 0.0650. The minimum absolute atomic E-state index is 0.00841. The van der Waals surface area contributed by atoms with E-state index in [0.717, 1.165) is 49.1 Å². The molecule has 2 N–H and O–H groups in total. The molecule has 170 valence electrons. The zero-order valence-electron chi connectivity index (χ0n) is 19.3. The Morgan fingerprint density at radius 2 is 1.30 bits per heavy atom. The van der Waals surface area contributed by atoms with Crippen LogP contribution in [0.15, 0.2) is 12.1 Å². The SMILES string of the molecule is CCCc1ccc(C(=O)O)c(C(=O)O)c1CCCCCCCCCCCCC(C)C. The molecule has 1 aromatic rings. The number of carbonyl (C=O) groups is 2. The Labute approximate surface area is 183 Å². The van der Waals surface area contributed by atoms with Crippen LogP contribution in [0.1, 0.15) is 130 Å². The van der Waals surface area contributed by atoms with Crippen LogP contribution in [-0.4, -0.2) is 22.2 Å². The second kappa shape index (κ2) is 15.0. The van der Waals surface area contributed by atoms with Gasteiger partial charge in [-0.05, 0) is 42.4 Å². The molecule has 0 amide bonds. The first kappa shape index (κ1) is 26.2. The predicted molar refractivity (Wildman–Crippen MR) is 124 cm³/mol. The van der Waals surface area contributed by atoms with Crippen LogP contribution in [0, 0.1) is 5.92 Å². The molecule has 0 aliphatic carbocycles. The van der Waals surface area contributed by atoms with Crippen LogP contribution < -0.4 is 0 Å². The number of hydrogen-bond acceptors (Lipinski definition) is 2. The van der Waals surface area contributed by atoms with Crippen molar-refractivity contribution < 1.29 is 19.8 Å². The summed E-state index contributed by atoms with van der Waals surface area (Å²) in [6, 6.07) is 3.25. The van der Waals surface area contributed by atoms with Gasteiger partial charge in [0.1, 0.15) is 0 Å². The largest absolute Gasteiger partial charge is 0.478 e. The summed E-state index contributed by atoms with van der Waals surface area (Å²) in [7, 11) is 0. The molecule has 0 aliphatic heterocycles. The van der Waals surface area contributed by atoms with Gasteiger partial charge >= 0.3 is 11.9 Å². The normalized spacial score (nSPS) is 11.2. The highest BCUT2D eigenvalue weighted by Crippen LogP contribution is 2.24. The summed E-state index contributed by atoms with van der Waals surface area (Å²) in [4.78, 5) is 23.2. The minimum Gasteiger partial charge on any atom is -0.478 e. The summed E-state index contributed by atoms with van der Waals surface area (Å²) in [5, 5.41) is 19.0. The summed E-state index contributed by atoms with van der Waals surface area (Å²) >= 11 is 0. The first-order valence-electron chi connectivity index (χ1n) is 12.0. The molecule has 0 spiro atoms. The second-order valence-corrected chi connectivity index (χ2v) is 8.95. The van der Waals surface area contributed by atoms with Crippen LogP contribution in [-0.2, 0) is 12.8 Å². The van der Waals surface area contributed by atoms with Gasteiger partial charge in [0.25, 0.3) is 0 Å². The van der Waals surface area contributed by atoms with Crippen molar-refractivity contribution >= 4 is 11.9 Å². The van der Waals surface area contributed by atoms with E-state index < -0.39 is 11.9 Å². The lowest BCUT2D eigenvalue weighted by atomic mass is 9.90. The Bertz CT molecular complexity index is 649. The van der Waals surface area contributed by atoms with Gasteiger partial charge in [0.05, 0.1) is 11.1 Å². The molecule has 0 unspecified atom stereocenters. The van der Waals surface area contributed by atoms with Gasteiger partial charge in [-0.15, -0.1) is 0 Å². The Balaban J connectivity index is 2.39. The van der Waals surface area contributed by atoms with Gasteiger partial charge in [0, 0.05) is 0 Å². The third-order valence-corrected chi connectivity index (χ3v) is 5.83. The number of carboxylic acid groups (broad SMARTS) is 2. The molecule has 1 rings (SSSR count). The molecular weight excluding hydrogens is 376 g/mol. The number of carboxylic acids is 2. The topological polar surface area (TPSA) is 74.6 Å². The fourth-order valence-electron chi connectivity index (χ4n) is 4.17. The number of aromatic carboxylic acids is 2. The lowest BCUT2D eigenvalue weighted by Crippen LogP contribution is -2.14.